The van der Waals surface area contributed by atoms with Crippen molar-refractivity contribution in [3.8, 4) is 5.75 Å². The zero-order valence-corrected chi connectivity index (χ0v) is 17.5. The van der Waals surface area contributed by atoms with Gasteiger partial charge in [0.15, 0.2) is 5.13 Å². The van der Waals surface area contributed by atoms with Crippen LogP contribution in [-0.4, -0.2) is 23.4 Å². The van der Waals surface area contributed by atoms with E-state index < -0.39 is 0 Å². The molecule has 0 saturated carbocycles. The van der Waals surface area contributed by atoms with Gasteiger partial charge in [-0.25, -0.2) is 4.98 Å². The Morgan fingerprint density at radius 3 is 2.59 bits per heavy atom. The Kier molecular flexibility index (Phi) is 7.19. The summed E-state index contributed by atoms with van der Waals surface area (Å²) >= 11 is 1.43. The molecular weight excluding hydrogens is 386 g/mol. The Bertz CT molecular complexity index is 983. The third-order valence-electron chi connectivity index (χ3n) is 4.26. The Morgan fingerprint density at radius 2 is 1.86 bits per heavy atom. The average Bonchev–Trinajstić information content (AvgIpc) is 3.10. The highest BCUT2D eigenvalue weighted by Crippen LogP contribution is 2.27. The van der Waals surface area contributed by atoms with Gasteiger partial charge < -0.3 is 15.4 Å². The Hall–Kier alpha value is -2.93. The summed E-state index contributed by atoms with van der Waals surface area (Å²) in [6.07, 6.45) is 2.05. The molecule has 29 heavy (non-hydrogen) atoms. The van der Waals surface area contributed by atoms with Crippen LogP contribution >= 0.6 is 11.3 Å². The molecule has 0 aliphatic carbocycles. The van der Waals surface area contributed by atoms with E-state index >= 15 is 0 Å². The molecule has 0 bridgehead atoms. The average molecular weight is 412 g/mol. The number of ether oxygens (including phenoxy) is 1. The molecule has 0 aliphatic heterocycles. The molecule has 0 spiro atoms. The van der Waals surface area contributed by atoms with E-state index in [1.54, 1.807) is 0 Å². The summed E-state index contributed by atoms with van der Waals surface area (Å²) in [4.78, 5) is 27.7. The van der Waals surface area contributed by atoms with Gasteiger partial charge in [0, 0.05) is 19.9 Å². The van der Waals surface area contributed by atoms with Gasteiger partial charge in [-0.15, -0.1) is 0 Å². The molecule has 0 unspecified atom stereocenters. The lowest BCUT2D eigenvalue weighted by Gasteiger charge is -2.08. The quantitative estimate of drug-likeness (QED) is 0.550. The van der Waals surface area contributed by atoms with Crippen molar-refractivity contribution in [1.29, 1.82) is 0 Å². The van der Waals surface area contributed by atoms with Gasteiger partial charge in [-0.3, -0.25) is 9.59 Å². The van der Waals surface area contributed by atoms with E-state index in [-0.39, 0.29) is 11.8 Å². The van der Waals surface area contributed by atoms with Crippen LogP contribution in [0.25, 0.3) is 10.2 Å². The van der Waals surface area contributed by atoms with E-state index in [1.807, 2.05) is 42.5 Å². The summed E-state index contributed by atoms with van der Waals surface area (Å²) in [5.41, 5.74) is 2.96. The number of carbonyl (C=O) groups is 2. The molecule has 3 aromatic rings. The van der Waals surface area contributed by atoms with Crippen molar-refractivity contribution < 1.29 is 14.3 Å². The van der Waals surface area contributed by atoms with Crippen LogP contribution in [0.15, 0.2) is 42.5 Å². The van der Waals surface area contributed by atoms with Crippen molar-refractivity contribution in [2.45, 2.75) is 39.7 Å². The van der Waals surface area contributed by atoms with Crippen molar-refractivity contribution in [3.05, 3.63) is 53.6 Å². The van der Waals surface area contributed by atoms with E-state index in [0.29, 0.717) is 31.1 Å². The minimum Gasteiger partial charge on any atom is -0.494 e. The van der Waals surface area contributed by atoms with Crippen molar-refractivity contribution in [3.63, 3.8) is 0 Å². The van der Waals surface area contributed by atoms with Crippen LogP contribution in [0.4, 0.5) is 5.13 Å². The lowest BCUT2D eigenvalue weighted by molar-refractivity contribution is -0.121. The third kappa shape index (κ3) is 6.29. The zero-order chi connectivity index (χ0) is 20.6. The second-order valence-electron chi connectivity index (χ2n) is 6.77. The number of hydrogen-bond donors (Lipinski definition) is 2. The molecule has 152 valence electrons. The minimum absolute atomic E-state index is 0.0136. The molecule has 3 rings (SSSR count). The number of aryl methyl sites for hydroxylation is 1. The van der Waals surface area contributed by atoms with Crippen LogP contribution < -0.4 is 15.4 Å². The van der Waals surface area contributed by atoms with E-state index in [2.05, 4.69) is 22.5 Å². The fraction of sp³-hybridized carbons (Fsp3) is 0.318. The van der Waals surface area contributed by atoms with Crippen LogP contribution in [0.5, 0.6) is 5.75 Å². The van der Waals surface area contributed by atoms with Crippen molar-refractivity contribution >= 4 is 38.5 Å². The van der Waals surface area contributed by atoms with Gasteiger partial charge in [-0.05, 0) is 48.2 Å². The van der Waals surface area contributed by atoms with Gasteiger partial charge in [0.05, 0.1) is 16.8 Å². The molecule has 1 aromatic heterocycles. The number of fused-ring (bicyclic) bond motifs is 1. The highest BCUT2D eigenvalue weighted by Gasteiger charge is 2.08. The summed E-state index contributed by atoms with van der Waals surface area (Å²) in [7, 11) is 0. The number of aromatic nitrogens is 1. The molecule has 2 amide bonds. The number of thiazole rings is 1. The summed E-state index contributed by atoms with van der Waals surface area (Å²) in [5, 5.41) is 6.26. The number of anilines is 1. The summed E-state index contributed by atoms with van der Waals surface area (Å²) in [6, 6.07) is 13.7. The molecule has 0 aliphatic rings. The van der Waals surface area contributed by atoms with Gasteiger partial charge in [0.1, 0.15) is 5.75 Å². The van der Waals surface area contributed by atoms with Crippen molar-refractivity contribution in [1.82, 2.24) is 10.3 Å². The third-order valence-corrected chi connectivity index (χ3v) is 5.20. The van der Waals surface area contributed by atoms with E-state index in [4.69, 9.17) is 4.74 Å². The lowest BCUT2D eigenvalue weighted by atomic mass is 10.1. The molecule has 7 heteroatoms. The SMILES string of the molecule is CCCOc1ccc(CNC(=O)CCc2ccc3nc(NC(C)=O)sc3c2)cc1. The number of nitrogens with zero attached hydrogens (tertiary/aromatic N) is 1. The molecule has 0 saturated heterocycles. The summed E-state index contributed by atoms with van der Waals surface area (Å²) < 4.78 is 6.56. The summed E-state index contributed by atoms with van der Waals surface area (Å²) in [5.74, 6) is 0.728. The predicted molar refractivity (Wildman–Crippen MR) is 116 cm³/mol. The molecule has 0 fully saturated rings. The minimum atomic E-state index is -0.135. The molecule has 2 N–H and O–H groups in total. The first-order chi connectivity index (χ1) is 14.0. The molecular formula is C22H25N3O3S. The van der Waals surface area contributed by atoms with Gasteiger partial charge in [-0.2, -0.15) is 0 Å². The second-order valence-corrected chi connectivity index (χ2v) is 7.80. The smallest absolute Gasteiger partial charge is 0.223 e. The maximum Gasteiger partial charge on any atom is 0.223 e. The first kappa shape index (κ1) is 20.8. The largest absolute Gasteiger partial charge is 0.494 e. The van der Waals surface area contributed by atoms with E-state index in [9.17, 15) is 9.59 Å². The van der Waals surface area contributed by atoms with Gasteiger partial charge in [0.25, 0.3) is 0 Å². The van der Waals surface area contributed by atoms with Gasteiger partial charge in [0.2, 0.25) is 11.8 Å². The number of carbonyl (C=O) groups excluding carboxylic acids is 2. The second kappa shape index (κ2) is 10.0. The predicted octanol–water partition coefficient (Wildman–Crippen LogP) is 4.29. The van der Waals surface area contributed by atoms with Crippen LogP contribution in [0, 0.1) is 0 Å². The van der Waals surface area contributed by atoms with Crippen molar-refractivity contribution in [2.75, 3.05) is 11.9 Å². The normalized spacial score (nSPS) is 10.7. The molecule has 0 radical (unpaired) electrons. The molecule has 1 heterocycles. The van der Waals surface area contributed by atoms with Gasteiger partial charge >= 0.3 is 0 Å². The van der Waals surface area contributed by atoms with Crippen LogP contribution in [0.3, 0.4) is 0 Å². The monoisotopic (exact) mass is 411 g/mol. The molecule has 6 nitrogen and oxygen atoms in total. The topological polar surface area (TPSA) is 80.3 Å². The first-order valence-electron chi connectivity index (χ1n) is 9.69. The zero-order valence-electron chi connectivity index (χ0n) is 16.7. The highest BCUT2D eigenvalue weighted by atomic mass is 32.1. The number of hydrogen-bond acceptors (Lipinski definition) is 5. The Balaban J connectivity index is 1.48. The maximum atomic E-state index is 12.2. The Labute approximate surface area is 174 Å². The molecule has 2 aromatic carbocycles. The lowest BCUT2D eigenvalue weighted by Crippen LogP contribution is -2.22. The summed E-state index contributed by atoms with van der Waals surface area (Å²) in [6.45, 7) is 4.74. The fourth-order valence-electron chi connectivity index (χ4n) is 2.80. The number of rotatable bonds is 9. The van der Waals surface area contributed by atoms with Crippen LogP contribution in [0.2, 0.25) is 0 Å². The number of benzene rings is 2. The van der Waals surface area contributed by atoms with Gasteiger partial charge in [-0.1, -0.05) is 36.5 Å². The number of amides is 2. The van der Waals surface area contributed by atoms with Crippen molar-refractivity contribution in [2.24, 2.45) is 0 Å². The van der Waals surface area contributed by atoms with E-state index in [0.717, 1.165) is 33.5 Å². The Morgan fingerprint density at radius 1 is 1.10 bits per heavy atom. The van der Waals surface area contributed by atoms with Crippen LogP contribution in [0.1, 0.15) is 37.8 Å². The highest BCUT2D eigenvalue weighted by molar-refractivity contribution is 7.22. The first-order valence-corrected chi connectivity index (χ1v) is 10.5. The van der Waals surface area contributed by atoms with E-state index in [1.165, 1.54) is 18.3 Å². The molecule has 0 atom stereocenters. The number of nitrogens with one attached hydrogen (secondary N) is 2. The standard InChI is InChI=1S/C22H25N3O3S/c1-3-12-28-18-8-4-17(5-9-18)14-23-21(27)11-7-16-6-10-19-20(13-16)29-22(25-19)24-15(2)26/h4-6,8-10,13H,3,7,11-12,14H2,1-2H3,(H,23,27)(H,24,25,26). The maximum absolute atomic E-state index is 12.2. The fourth-order valence-corrected chi connectivity index (χ4v) is 3.77. The van der Waals surface area contributed by atoms with Crippen LogP contribution in [-0.2, 0) is 22.6 Å².